The Morgan fingerprint density at radius 2 is 1.91 bits per heavy atom. The number of rotatable bonds is 2. The van der Waals surface area contributed by atoms with Crippen LogP contribution >= 0.6 is 0 Å². The molecule has 1 aromatic carbocycles. The van der Waals surface area contributed by atoms with E-state index in [4.69, 9.17) is 0 Å². The predicted molar refractivity (Wildman–Crippen MR) is 88.1 cm³/mol. The largest absolute Gasteiger partial charge is 0.348 e. The van der Waals surface area contributed by atoms with Crippen molar-refractivity contribution in [2.75, 3.05) is 19.6 Å². The van der Waals surface area contributed by atoms with E-state index in [9.17, 15) is 4.79 Å². The van der Waals surface area contributed by atoms with Crippen LogP contribution in [-0.2, 0) is 12.8 Å². The molecule has 1 atom stereocenters. The molecule has 22 heavy (non-hydrogen) atoms. The van der Waals surface area contributed by atoms with Crippen LogP contribution in [0.5, 0.6) is 0 Å². The molecule has 4 aliphatic rings. The Balaban J connectivity index is 1.53. The lowest BCUT2D eigenvalue weighted by atomic mass is 9.84. The van der Waals surface area contributed by atoms with Gasteiger partial charge in [-0.15, -0.1) is 0 Å². The zero-order valence-corrected chi connectivity index (χ0v) is 13.3. The Hall–Kier alpha value is -1.35. The van der Waals surface area contributed by atoms with Crippen molar-refractivity contribution in [3.8, 4) is 0 Å². The maximum Gasteiger partial charge on any atom is 0.251 e. The molecular formula is C19H26N2O. The van der Waals surface area contributed by atoms with E-state index in [0.29, 0.717) is 12.0 Å². The van der Waals surface area contributed by atoms with E-state index in [0.717, 1.165) is 24.9 Å². The Morgan fingerprint density at radius 3 is 2.68 bits per heavy atom. The summed E-state index contributed by atoms with van der Waals surface area (Å²) in [7, 11) is 0. The molecule has 3 heterocycles. The number of carbonyl (C=O) groups excluding carboxylic acids is 1. The molecule has 1 N–H and O–H groups in total. The van der Waals surface area contributed by atoms with Gasteiger partial charge in [0.2, 0.25) is 0 Å². The first-order valence-electron chi connectivity index (χ1n) is 8.95. The number of nitrogens with zero attached hydrogens (tertiary/aromatic N) is 1. The summed E-state index contributed by atoms with van der Waals surface area (Å²) in [6.45, 7) is 3.49. The van der Waals surface area contributed by atoms with Crippen LogP contribution < -0.4 is 5.32 Å². The van der Waals surface area contributed by atoms with Crippen LogP contribution in [0, 0.1) is 5.92 Å². The minimum absolute atomic E-state index is 0.164. The summed E-state index contributed by atoms with van der Waals surface area (Å²) in [6.07, 6.45) is 8.47. The number of benzene rings is 1. The summed E-state index contributed by atoms with van der Waals surface area (Å²) in [5.41, 5.74) is 3.66. The molecule has 2 bridgehead atoms. The van der Waals surface area contributed by atoms with E-state index in [-0.39, 0.29) is 5.91 Å². The van der Waals surface area contributed by atoms with Gasteiger partial charge >= 0.3 is 0 Å². The summed E-state index contributed by atoms with van der Waals surface area (Å²) in [5, 5.41) is 3.36. The Bertz CT molecular complexity index is 561. The zero-order valence-electron chi connectivity index (χ0n) is 13.3. The highest BCUT2D eigenvalue weighted by molar-refractivity contribution is 5.96. The fourth-order valence-corrected chi connectivity index (χ4v) is 4.55. The van der Waals surface area contributed by atoms with Crippen LogP contribution in [-0.4, -0.2) is 36.5 Å². The van der Waals surface area contributed by atoms with Gasteiger partial charge in [0.05, 0.1) is 0 Å². The Kier molecular flexibility index (Phi) is 3.91. The van der Waals surface area contributed by atoms with E-state index >= 15 is 0 Å². The number of amides is 1. The molecule has 5 rings (SSSR count). The monoisotopic (exact) mass is 298 g/mol. The molecule has 3 heteroatoms. The van der Waals surface area contributed by atoms with Gasteiger partial charge in [0, 0.05) is 18.2 Å². The fraction of sp³-hybridized carbons (Fsp3) is 0.632. The third-order valence-corrected chi connectivity index (χ3v) is 5.86. The second-order valence-corrected chi connectivity index (χ2v) is 7.22. The third kappa shape index (κ3) is 2.67. The molecule has 3 nitrogen and oxygen atoms in total. The van der Waals surface area contributed by atoms with Crippen molar-refractivity contribution in [3.63, 3.8) is 0 Å². The first kappa shape index (κ1) is 14.3. The number of piperidine rings is 3. The molecule has 0 aromatic heterocycles. The van der Waals surface area contributed by atoms with Gasteiger partial charge in [-0.25, -0.2) is 0 Å². The second kappa shape index (κ2) is 6.04. The summed E-state index contributed by atoms with van der Waals surface area (Å²) < 4.78 is 0. The van der Waals surface area contributed by atoms with Crippen LogP contribution in [0.4, 0.5) is 0 Å². The number of carbonyl (C=O) groups is 1. The average Bonchev–Trinajstić information content (AvgIpc) is 2.81. The van der Waals surface area contributed by atoms with E-state index in [2.05, 4.69) is 22.3 Å². The number of fused-ring (bicyclic) bond motifs is 4. The van der Waals surface area contributed by atoms with Crippen molar-refractivity contribution >= 4 is 5.91 Å². The highest BCUT2D eigenvalue weighted by Gasteiger charge is 2.35. The summed E-state index contributed by atoms with van der Waals surface area (Å²) >= 11 is 0. The second-order valence-electron chi connectivity index (χ2n) is 7.22. The van der Waals surface area contributed by atoms with Gasteiger partial charge in [0.1, 0.15) is 0 Å². The van der Waals surface area contributed by atoms with Gasteiger partial charge in [-0.2, -0.15) is 0 Å². The highest BCUT2D eigenvalue weighted by atomic mass is 16.1. The van der Waals surface area contributed by atoms with E-state index < -0.39 is 0 Å². The summed E-state index contributed by atoms with van der Waals surface area (Å²) in [6, 6.07) is 6.67. The van der Waals surface area contributed by atoms with E-state index in [1.165, 1.54) is 56.3 Å². The normalized spacial score (nSPS) is 30.5. The molecule has 1 unspecified atom stereocenters. The predicted octanol–water partition coefficient (Wildman–Crippen LogP) is 2.78. The molecule has 1 aliphatic carbocycles. The maximum atomic E-state index is 12.8. The maximum absolute atomic E-state index is 12.8. The molecular weight excluding hydrogens is 272 g/mol. The van der Waals surface area contributed by atoms with Gasteiger partial charge in [0.15, 0.2) is 0 Å². The van der Waals surface area contributed by atoms with Crippen molar-refractivity contribution < 1.29 is 4.79 Å². The molecule has 3 aliphatic heterocycles. The van der Waals surface area contributed by atoms with Gasteiger partial charge in [0.25, 0.3) is 5.91 Å². The highest BCUT2D eigenvalue weighted by Crippen LogP contribution is 2.28. The summed E-state index contributed by atoms with van der Waals surface area (Å²) in [4.78, 5) is 15.3. The standard InChI is InChI=1S/C19H26N2O/c22-19(20-18-13-21-11-9-15(18)10-12-21)17-8-4-6-14-5-2-1-3-7-16(14)17/h4,6,8,15,18H,1-3,5,7,9-13H2,(H,20,22). The topological polar surface area (TPSA) is 32.3 Å². The first-order chi connectivity index (χ1) is 10.8. The molecule has 3 fully saturated rings. The van der Waals surface area contributed by atoms with Gasteiger partial charge in [-0.3, -0.25) is 4.79 Å². The van der Waals surface area contributed by atoms with Crippen LogP contribution in [0.25, 0.3) is 0 Å². The number of hydrogen-bond donors (Lipinski definition) is 1. The Morgan fingerprint density at radius 1 is 1.09 bits per heavy atom. The smallest absolute Gasteiger partial charge is 0.251 e. The SMILES string of the molecule is O=C(NC1CN2CCC1CC2)c1cccc2c1CCCCC2. The summed E-state index contributed by atoms with van der Waals surface area (Å²) in [5.74, 6) is 0.855. The van der Waals surface area contributed by atoms with Gasteiger partial charge < -0.3 is 10.2 Å². The van der Waals surface area contributed by atoms with Crippen LogP contribution in [0.15, 0.2) is 18.2 Å². The quantitative estimate of drug-likeness (QED) is 0.852. The van der Waals surface area contributed by atoms with Crippen molar-refractivity contribution in [1.82, 2.24) is 10.2 Å². The van der Waals surface area contributed by atoms with Crippen molar-refractivity contribution in [1.29, 1.82) is 0 Å². The van der Waals surface area contributed by atoms with E-state index in [1.54, 1.807) is 0 Å². The molecule has 118 valence electrons. The van der Waals surface area contributed by atoms with E-state index in [1.807, 2.05) is 6.07 Å². The van der Waals surface area contributed by atoms with Crippen molar-refractivity contribution in [2.45, 2.75) is 51.0 Å². The van der Waals surface area contributed by atoms with Gasteiger partial charge in [-0.1, -0.05) is 18.6 Å². The zero-order chi connectivity index (χ0) is 14.9. The van der Waals surface area contributed by atoms with Crippen molar-refractivity contribution in [2.24, 2.45) is 5.92 Å². The molecule has 1 amide bonds. The lowest BCUT2D eigenvalue weighted by Crippen LogP contribution is -2.57. The number of aryl methyl sites for hydroxylation is 1. The Labute approximate surface area is 133 Å². The molecule has 0 spiro atoms. The lowest BCUT2D eigenvalue weighted by molar-refractivity contribution is 0.0620. The minimum atomic E-state index is 0.164. The average molecular weight is 298 g/mol. The minimum Gasteiger partial charge on any atom is -0.348 e. The lowest BCUT2D eigenvalue weighted by Gasteiger charge is -2.45. The van der Waals surface area contributed by atoms with Crippen LogP contribution in [0.1, 0.15) is 53.6 Å². The molecule has 0 radical (unpaired) electrons. The third-order valence-electron chi connectivity index (χ3n) is 5.86. The van der Waals surface area contributed by atoms with Crippen LogP contribution in [0.2, 0.25) is 0 Å². The number of hydrogen-bond acceptors (Lipinski definition) is 2. The molecule has 3 saturated heterocycles. The molecule has 1 aromatic rings. The number of nitrogens with one attached hydrogen (secondary N) is 1. The first-order valence-corrected chi connectivity index (χ1v) is 8.95. The molecule has 0 saturated carbocycles. The van der Waals surface area contributed by atoms with Gasteiger partial charge in [-0.05, 0) is 74.7 Å². The fourth-order valence-electron chi connectivity index (χ4n) is 4.55. The van der Waals surface area contributed by atoms with Crippen molar-refractivity contribution in [3.05, 3.63) is 34.9 Å². The van der Waals surface area contributed by atoms with Crippen LogP contribution in [0.3, 0.4) is 0 Å².